The van der Waals surface area contributed by atoms with E-state index in [1.807, 2.05) is 24.3 Å². The molecule has 4 aromatic rings. The number of nitrogens with zero attached hydrogens (tertiary/aromatic N) is 3. The molecule has 1 aliphatic rings. The molecule has 3 aromatic carbocycles. The molecule has 0 saturated carbocycles. The van der Waals surface area contributed by atoms with Crippen molar-refractivity contribution in [2.45, 2.75) is 4.90 Å². The second kappa shape index (κ2) is 9.12. The van der Waals surface area contributed by atoms with Crippen LogP contribution in [0.15, 0.2) is 70.0 Å². The SMILES string of the molecule is CN1CCN(c2cc(Nc3nc4cccc(Nc5ccc(O)cc5)c4o3)cc(S(C)(=O)=O)c2)CC1. The van der Waals surface area contributed by atoms with E-state index in [0.29, 0.717) is 16.8 Å². The monoisotopic (exact) mass is 493 g/mol. The molecule has 9 nitrogen and oxygen atoms in total. The highest BCUT2D eigenvalue weighted by Gasteiger charge is 2.19. The molecule has 0 unspecified atom stereocenters. The first-order valence-electron chi connectivity index (χ1n) is 11.3. The van der Waals surface area contributed by atoms with Gasteiger partial charge in [-0.2, -0.15) is 4.98 Å². The van der Waals surface area contributed by atoms with Crippen molar-refractivity contribution >= 4 is 49.7 Å². The summed E-state index contributed by atoms with van der Waals surface area (Å²) in [5.74, 6) is 0.187. The molecule has 5 rings (SSSR count). The van der Waals surface area contributed by atoms with Crippen LogP contribution in [0.25, 0.3) is 11.1 Å². The molecule has 35 heavy (non-hydrogen) atoms. The average molecular weight is 494 g/mol. The van der Waals surface area contributed by atoms with Crippen LogP contribution in [0.4, 0.5) is 28.8 Å². The highest BCUT2D eigenvalue weighted by Crippen LogP contribution is 2.32. The predicted octanol–water partition coefficient (Wildman–Crippen LogP) is 4.18. The minimum absolute atomic E-state index is 0.187. The number of likely N-dealkylation sites (N-methyl/N-ethyl adjacent to an activating group) is 1. The molecule has 0 bridgehead atoms. The Morgan fingerprint density at radius 3 is 2.40 bits per heavy atom. The first-order valence-corrected chi connectivity index (χ1v) is 13.1. The summed E-state index contributed by atoms with van der Waals surface area (Å²) in [7, 11) is -1.34. The first kappa shape index (κ1) is 23.0. The Morgan fingerprint density at radius 1 is 0.943 bits per heavy atom. The molecule has 1 fully saturated rings. The lowest BCUT2D eigenvalue weighted by Crippen LogP contribution is -2.44. The van der Waals surface area contributed by atoms with Crippen molar-refractivity contribution in [3.8, 4) is 5.75 Å². The van der Waals surface area contributed by atoms with Gasteiger partial charge >= 0.3 is 0 Å². The fourth-order valence-electron chi connectivity index (χ4n) is 4.04. The number of hydrogen-bond acceptors (Lipinski definition) is 9. The molecule has 0 radical (unpaired) electrons. The zero-order chi connectivity index (χ0) is 24.6. The zero-order valence-corrected chi connectivity index (χ0v) is 20.3. The number of oxazole rings is 1. The number of piperazine rings is 1. The van der Waals surface area contributed by atoms with Crippen molar-refractivity contribution in [2.24, 2.45) is 0 Å². The van der Waals surface area contributed by atoms with Gasteiger partial charge in [-0.3, -0.25) is 0 Å². The molecule has 2 heterocycles. The van der Waals surface area contributed by atoms with Crippen molar-refractivity contribution in [1.82, 2.24) is 9.88 Å². The maximum atomic E-state index is 12.4. The third-order valence-corrected chi connectivity index (χ3v) is 7.09. The maximum Gasteiger partial charge on any atom is 0.300 e. The van der Waals surface area contributed by atoms with Gasteiger partial charge in [-0.05, 0) is 61.6 Å². The summed E-state index contributed by atoms with van der Waals surface area (Å²) in [6.45, 7) is 3.46. The van der Waals surface area contributed by atoms with Gasteiger partial charge in [0.05, 0.1) is 10.6 Å². The van der Waals surface area contributed by atoms with Crippen LogP contribution in [0.3, 0.4) is 0 Å². The lowest BCUT2D eigenvalue weighted by Gasteiger charge is -2.34. The highest BCUT2D eigenvalue weighted by molar-refractivity contribution is 7.90. The first-order chi connectivity index (χ1) is 16.7. The molecule has 1 aromatic heterocycles. The van der Waals surface area contributed by atoms with Crippen LogP contribution in [0.1, 0.15) is 0 Å². The van der Waals surface area contributed by atoms with Crippen molar-refractivity contribution in [3.05, 3.63) is 60.7 Å². The number of benzene rings is 3. The van der Waals surface area contributed by atoms with Crippen LogP contribution in [-0.4, -0.2) is 62.9 Å². The Bertz CT molecular complexity index is 1460. The molecule has 0 spiro atoms. The number of phenolic OH excluding ortho intramolecular Hbond substituents is 1. The Labute approximate surface area is 203 Å². The number of anilines is 5. The van der Waals surface area contributed by atoms with E-state index >= 15 is 0 Å². The van der Waals surface area contributed by atoms with Crippen LogP contribution in [0, 0.1) is 0 Å². The summed E-state index contributed by atoms with van der Waals surface area (Å²) in [4.78, 5) is 9.21. The minimum Gasteiger partial charge on any atom is -0.508 e. The zero-order valence-electron chi connectivity index (χ0n) is 19.5. The van der Waals surface area contributed by atoms with Gasteiger partial charge in [0, 0.05) is 49.5 Å². The highest BCUT2D eigenvalue weighted by atomic mass is 32.2. The number of hydrogen-bond donors (Lipinski definition) is 3. The van der Waals surface area contributed by atoms with Crippen LogP contribution >= 0.6 is 0 Å². The number of para-hydroxylation sites is 1. The number of fused-ring (bicyclic) bond motifs is 1. The second-order valence-corrected chi connectivity index (χ2v) is 10.8. The third kappa shape index (κ3) is 5.18. The van der Waals surface area contributed by atoms with E-state index in [4.69, 9.17) is 4.42 Å². The lowest BCUT2D eigenvalue weighted by molar-refractivity contribution is 0.313. The Balaban J connectivity index is 1.46. The quantitative estimate of drug-likeness (QED) is 0.341. The van der Waals surface area contributed by atoms with Crippen molar-refractivity contribution in [2.75, 3.05) is 55.0 Å². The largest absolute Gasteiger partial charge is 0.508 e. The Hall–Kier alpha value is -3.76. The van der Waals surface area contributed by atoms with Gasteiger partial charge in [0.25, 0.3) is 6.01 Å². The average Bonchev–Trinajstić information content (AvgIpc) is 3.24. The van der Waals surface area contributed by atoms with Crippen LogP contribution in [0.2, 0.25) is 0 Å². The van der Waals surface area contributed by atoms with Crippen molar-refractivity contribution in [3.63, 3.8) is 0 Å². The summed E-state index contributed by atoms with van der Waals surface area (Å²) in [6, 6.07) is 17.8. The topological polar surface area (TPSA) is 111 Å². The van der Waals surface area contributed by atoms with Gasteiger partial charge in [-0.25, -0.2) is 8.42 Å². The third-order valence-electron chi connectivity index (χ3n) is 6.00. The summed E-state index contributed by atoms with van der Waals surface area (Å²) in [6.07, 6.45) is 1.21. The standard InChI is InChI=1S/C25H27N5O4S/c1-29-10-12-30(13-11-29)19-14-18(15-21(16-19)35(2,32)33)27-25-28-23-5-3-4-22(24(23)34-25)26-17-6-8-20(31)9-7-17/h3-9,14-16,26,31H,10-13H2,1-2H3,(H,27,28). The van der Waals surface area contributed by atoms with Gasteiger partial charge in [0.2, 0.25) is 0 Å². The summed E-state index contributed by atoms with van der Waals surface area (Å²) >= 11 is 0. The van der Waals surface area contributed by atoms with E-state index in [2.05, 4.69) is 32.5 Å². The molecule has 1 aliphatic heterocycles. The normalized spacial score (nSPS) is 14.9. The number of nitrogens with one attached hydrogen (secondary N) is 2. The number of aromatic hydroxyl groups is 1. The molecule has 0 atom stereocenters. The molecule has 0 aliphatic carbocycles. The lowest BCUT2D eigenvalue weighted by atomic mass is 10.2. The van der Waals surface area contributed by atoms with E-state index in [1.54, 1.807) is 36.4 Å². The van der Waals surface area contributed by atoms with Gasteiger partial charge in [0.15, 0.2) is 15.4 Å². The van der Waals surface area contributed by atoms with Crippen LogP contribution in [0.5, 0.6) is 5.75 Å². The Kier molecular flexibility index (Phi) is 6.00. The predicted molar refractivity (Wildman–Crippen MR) is 138 cm³/mol. The summed E-state index contributed by atoms with van der Waals surface area (Å²) in [5, 5.41) is 15.9. The number of aromatic nitrogens is 1. The summed E-state index contributed by atoms with van der Waals surface area (Å²) < 4.78 is 30.8. The van der Waals surface area contributed by atoms with E-state index in [-0.39, 0.29) is 16.7 Å². The van der Waals surface area contributed by atoms with Crippen LogP contribution < -0.4 is 15.5 Å². The molecular weight excluding hydrogens is 466 g/mol. The Morgan fingerprint density at radius 2 is 1.69 bits per heavy atom. The van der Waals surface area contributed by atoms with Gasteiger partial charge in [-0.1, -0.05) is 6.07 Å². The van der Waals surface area contributed by atoms with Gasteiger partial charge in [0.1, 0.15) is 11.3 Å². The van der Waals surface area contributed by atoms with E-state index < -0.39 is 9.84 Å². The molecule has 1 saturated heterocycles. The van der Waals surface area contributed by atoms with Gasteiger partial charge in [-0.15, -0.1) is 0 Å². The van der Waals surface area contributed by atoms with Crippen molar-refractivity contribution < 1.29 is 17.9 Å². The molecule has 182 valence electrons. The number of rotatable bonds is 6. The second-order valence-electron chi connectivity index (χ2n) is 8.75. The maximum absolute atomic E-state index is 12.4. The smallest absolute Gasteiger partial charge is 0.300 e. The molecule has 10 heteroatoms. The van der Waals surface area contributed by atoms with Crippen LogP contribution in [-0.2, 0) is 9.84 Å². The van der Waals surface area contributed by atoms with Crippen molar-refractivity contribution in [1.29, 1.82) is 0 Å². The summed E-state index contributed by atoms with van der Waals surface area (Å²) in [5.41, 5.74) is 4.14. The van der Waals surface area contributed by atoms with Gasteiger partial charge < -0.3 is 30.0 Å². The van der Waals surface area contributed by atoms with E-state index in [1.165, 1.54) is 6.26 Å². The fourth-order valence-corrected chi connectivity index (χ4v) is 4.72. The van der Waals surface area contributed by atoms with E-state index in [0.717, 1.165) is 43.2 Å². The number of phenols is 1. The fraction of sp³-hybridized carbons (Fsp3) is 0.240. The van der Waals surface area contributed by atoms with E-state index in [9.17, 15) is 13.5 Å². The molecule has 3 N–H and O–H groups in total. The molecule has 0 amide bonds. The minimum atomic E-state index is -3.41. The number of sulfone groups is 1. The molecular formula is C25H27N5O4S.